The number of ether oxygens (including phenoxy) is 1. The van der Waals surface area contributed by atoms with Gasteiger partial charge in [-0.1, -0.05) is 49.3 Å². The van der Waals surface area contributed by atoms with Gasteiger partial charge in [0.2, 0.25) is 0 Å². The first kappa shape index (κ1) is 16.0. The molecule has 0 aliphatic heterocycles. The molecule has 0 aliphatic rings. The summed E-state index contributed by atoms with van der Waals surface area (Å²) in [5, 5.41) is 14.5. The van der Waals surface area contributed by atoms with E-state index in [9.17, 15) is 4.79 Å². The van der Waals surface area contributed by atoms with Crippen LogP contribution in [0.1, 0.15) is 25.5 Å². The molecule has 0 fully saturated rings. The number of amidine groups is 1. The minimum absolute atomic E-state index is 0.0110. The Labute approximate surface area is 118 Å². The zero-order valence-corrected chi connectivity index (χ0v) is 11.9. The lowest BCUT2D eigenvalue weighted by Crippen LogP contribution is -2.49. The van der Waals surface area contributed by atoms with Crippen molar-refractivity contribution >= 4 is 11.7 Å². The van der Waals surface area contributed by atoms with Gasteiger partial charge < -0.3 is 21.0 Å². The number of hydrogen-bond acceptors (Lipinski definition) is 4. The fourth-order valence-electron chi connectivity index (χ4n) is 1.90. The summed E-state index contributed by atoms with van der Waals surface area (Å²) < 4.78 is 5.24. The topological polar surface area (TPSA) is 96.9 Å². The summed E-state index contributed by atoms with van der Waals surface area (Å²) in [5.41, 5.74) is 6.34. The Balaban J connectivity index is 2.87. The van der Waals surface area contributed by atoms with Crippen molar-refractivity contribution in [2.45, 2.75) is 26.0 Å². The Morgan fingerprint density at radius 3 is 2.40 bits per heavy atom. The van der Waals surface area contributed by atoms with Crippen molar-refractivity contribution in [1.29, 1.82) is 0 Å². The minimum atomic E-state index is -0.732. The Kier molecular flexibility index (Phi) is 5.99. The van der Waals surface area contributed by atoms with Crippen LogP contribution >= 0.6 is 0 Å². The van der Waals surface area contributed by atoms with Crippen LogP contribution in [0.3, 0.4) is 0 Å². The average molecular weight is 279 g/mol. The second kappa shape index (κ2) is 7.49. The van der Waals surface area contributed by atoms with Gasteiger partial charge in [-0.25, -0.2) is 0 Å². The summed E-state index contributed by atoms with van der Waals surface area (Å²) in [4.78, 5) is 12.3. The van der Waals surface area contributed by atoms with Gasteiger partial charge in [0.25, 0.3) is 5.91 Å². The molecule has 110 valence electrons. The molecular weight excluding hydrogens is 258 g/mol. The molecule has 0 saturated carbocycles. The molecule has 6 nitrogen and oxygen atoms in total. The fourth-order valence-corrected chi connectivity index (χ4v) is 1.90. The molecule has 0 spiro atoms. The quantitative estimate of drug-likeness (QED) is 0.316. The summed E-state index contributed by atoms with van der Waals surface area (Å²) in [7, 11) is 1.46. The normalized spacial score (nSPS) is 14.9. The van der Waals surface area contributed by atoms with Crippen molar-refractivity contribution in [2.75, 3.05) is 7.11 Å². The molecule has 0 saturated heterocycles. The Morgan fingerprint density at radius 1 is 1.35 bits per heavy atom. The largest absolute Gasteiger partial charge is 0.409 e. The zero-order valence-electron chi connectivity index (χ0n) is 11.9. The fraction of sp³-hybridized carbons (Fsp3) is 0.429. The average Bonchev–Trinajstić information content (AvgIpc) is 2.45. The van der Waals surface area contributed by atoms with Crippen LogP contribution in [0.15, 0.2) is 35.5 Å². The van der Waals surface area contributed by atoms with E-state index in [1.165, 1.54) is 7.11 Å². The molecule has 0 heterocycles. The molecular formula is C14H21N3O3. The third-order valence-corrected chi connectivity index (χ3v) is 2.97. The lowest BCUT2D eigenvalue weighted by Gasteiger charge is -2.24. The highest BCUT2D eigenvalue weighted by molar-refractivity contribution is 5.91. The lowest BCUT2D eigenvalue weighted by atomic mass is 10.0. The SMILES string of the molecule is COC(C(=O)NC(C(N)=NO)C(C)C)c1ccccc1. The molecule has 2 atom stereocenters. The molecule has 0 bridgehead atoms. The highest BCUT2D eigenvalue weighted by Gasteiger charge is 2.26. The van der Waals surface area contributed by atoms with Crippen LogP contribution in [0.25, 0.3) is 0 Å². The third kappa shape index (κ3) is 3.96. The van der Waals surface area contributed by atoms with Crippen molar-refractivity contribution in [3.8, 4) is 0 Å². The van der Waals surface area contributed by atoms with E-state index in [1.54, 1.807) is 0 Å². The van der Waals surface area contributed by atoms with E-state index >= 15 is 0 Å². The highest BCUT2D eigenvalue weighted by atomic mass is 16.5. The predicted octanol–water partition coefficient (Wildman–Crippen LogP) is 1.26. The smallest absolute Gasteiger partial charge is 0.254 e. The second-order valence-corrected chi connectivity index (χ2v) is 4.78. The van der Waals surface area contributed by atoms with Crippen molar-refractivity contribution in [1.82, 2.24) is 5.32 Å². The van der Waals surface area contributed by atoms with Gasteiger partial charge in [-0.05, 0) is 11.5 Å². The molecule has 2 unspecified atom stereocenters. The Hall–Kier alpha value is -2.08. The van der Waals surface area contributed by atoms with E-state index < -0.39 is 12.1 Å². The van der Waals surface area contributed by atoms with Gasteiger partial charge in [-0.3, -0.25) is 4.79 Å². The maximum Gasteiger partial charge on any atom is 0.254 e. The summed E-state index contributed by atoms with van der Waals surface area (Å²) in [5.74, 6) is -0.372. The summed E-state index contributed by atoms with van der Waals surface area (Å²) in [6.07, 6.45) is -0.732. The maximum atomic E-state index is 12.3. The number of rotatable bonds is 6. The highest BCUT2D eigenvalue weighted by Crippen LogP contribution is 2.17. The molecule has 20 heavy (non-hydrogen) atoms. The van der Waals surface area contributed by atoms with Crippen LogP contribution in [-0.4, -0.2) is 30.1 Å². The van der Waals surface area contributed by atoms with E-state index in [1.807, 2.05) is 44.2 Å². The van der Waals surface area contributed by atoms with Crippen LogP contribution in [0.2, 0.25) is 0 Å². The molecule has 6 heteroatoms. The molecule has 1 aromatic carbocycles. The predicted molar refractivity (Wildman–Crippen MR) is 76.4 cm³/mol. The molecule has 4 N–H and O–H groups in total. The lowest BCUT2D eigenvalue weighted by molar-refractivity contribution is -0.132. The standard InChI is InChI=1S/C14H21N3O3/c1-9(2)11(13(15)17-19)16-14(18)12(20-3)10-7-5-4-6-8-10/h4-9,11-12,19H,1-3H3,(H2,15,17)(H,16,18). The number of benzene rings is 1. The van der Waals surface area contributed by atoms with Gasteiger partial charge in [-0.15, -0.1) is 0 Å². The van der Waals surface area contributed by atoms with Crippen LogP contribution in [-0.2, 0) is 9.53 Å². The van der Waals surface area contributed by atoms with Crippen LogP contribution in [0, 0.1) is 5.92 Å². The zero-order chi connectivity index (χ0) is 15.1. The monoisotopic (exact) mass is 279 g/mol. The van der Waals surface area contributed by atoms with Crippen molar-refractivity contribution in [3.05, 3.63) is 35.9 Å². The minimum Gasteiger partial charge on any atom is -0.409 e. The van der Waals surface area contributed by atoms with Crippen molar-refractivity contribution in [3.63, 3.8) is 0 Å². The van der Waals surface area contributed by atoms with Crippen molar-refractivity contribution in [2.24, 2.45) is 16.8 Å². The number of nitrogens with one attached hydrogen (secondary N) is 1. The number of nitrogens with zero attached hydrogens (tertiary/aromatic N) is 1. The molecule has 0 aliphatic carbocycles. The molecule has 1 rings (SSSR count). The van der Waals surface area contributed by atoms with Crippen LogP contribution < -0.4 is 11.1 Å². The number of carbonyl (C=O) groups excluding carboxylic acids is 1. The Bertz CT molecular complexity index is 460. The number of amides is 1. The van der Waals surface area contributed by atoms with E-state index in [4.69, 9.17) is 15.7 Å². The van der Waals surface area contributed by atoms with Crippen LogP contribution in [0.4, 0.5) is 0 Å². The maximum absolute atomic E-state index is 12.3. The first-order valence-corrected chi connectivity index (χ1v) is 6.36. The summed E-state index contributed by atoms with van der Waals surface area (Å²) >= 11 is 0. The van der Waals surface area contributed by atoms with E-state index in [0.717, 1.165) is 5.56 Å². The number of carbonyl (C=O) groups is 1. The number of oxime groups is 1. The number of hydrogen-bond donors (Lipinski definition) is 3. The summed E-state index contributed by atoms with van der Waals surface area (Å²) in [6, 6.07) is 8.59. The van der Waals surface area contributed by atoms with Crippen LogP contribution in [0.5, 0.6) is 0 Å². The van der Waals surface area contributed by atoms with E-state index in [2.05, 4.69) is 10.5 Å². The van der Waals surface area contributed by atoms with Crippen molar-refractivity contribution < 1.29 is 14.7 Å². The second-order valence-electron chi connectivity index (χ2n) is 4.78. The molecule has 1 aromatic rings. The molecule has 1 amide bonds. The van der Waals surface area contributed by atoms with E-state index in [-0.39, 0.29) is 17.7 Å². The van der Waals surface area contributed by atoms with Gasteiger partial charge in [0.05, 0.1) is 6.04 Å². The van der Waals surface area contributed by atoms with Gasteiger partial charge in [0, 0.05) is 7.11 Å². The number of nitrogens with two attached hydrogens (primary N) is 1. The Morgan fingerprint density at radius 2 is 1.95 bits per heavy atom. The summed E-state index contributed by atoms with van der Waals surface area (Å²) in [6.45, 7) is 3.74. The number of methoxy groups -OCH3 is 1. The van der Waals surface area contributed by atoms with Gasteiger partial charge >= 0.3 is 0 Å². The first-order valence-electron chi connectivity index (χ1n) is 6.36. The third-order valence-electron chi connectivity index (χ3n) is 2.97. The van der Waals surface area contributed by atoms with Gasteiger partial charge in [0.1, 0.15) is 0 Å². The molecule has 0 radical (unpaired) electrons. The van der Waals surface area contributed by atoms with Gasteiger partial charge in [-0.2, -0.15) is 0 Å². The van der Waals surface area contributed by atoms with Gasteiger partial charge in [0.15, 0.2) is 11.9 Å². The molecule has 0 aromatic heterocycles. The first-order chi connectivity index (χ1) is 9.51. The van der Waals surface area contributed by atoms with E-state index in [0.29, 0.717) is 0 Å².